The number of rotatable bonds is 2. The maximum absolute atomic E-state index is 12.6. The molecule has 3 heterocycles. The number of imidazole rings is 1. The summed E-state index contributed by atoms with van der Waals surface area (Å²) < 4.78 is 0. The molecule has 0 spiro atoms. The lowest BCUT2D eigenvalue weighted by Crippen LogP contribution is -2.38. The topological polar surface area (TPSA) is 61.9 Å². The largest absolute Gasteiger partial charge is 0.348 e. The van der Waals surface area contributed by atoms with E-state index in [4.69, 9.17) is 0 Å². The number of H-pyrrole nitrogens is 1. The molecule has 0 aliphatic carbocycles. The lowest BCUT2D eigenvalue weighted by atomic mass is 9.95. The van der Waals surface area contributed by atoms with Crippen molar-refractivity contribution >= 4 is 5.91 Å². The van der Waals surface area contributed by atoms with E-state index >= 15 is 0 Å². The third kappa shape index (κ3) is 2.96. The molecule has 1 saturated heterocycles. The van der Waals surface area contributed by atoms with Crippen molar-refractivity contribution in [3.05, 3.63) is 47.3 Å². The zero-order valence-electron chi connectivity index (χ0n) is 12.5. The SMILES string of the molecule is Cc1cc(C(=O)N2CCC(c3ncc[nH]3)CC2)cc(C)n1. The van der Waals surface area contributed by atoms with Crippen LogP contribution in [0.1, 0.15) is 46.3 Å². The molecule has 110 valence electrons. The first-order valence-electron chi connectivity index (χ1n) is 7.37. The van der Waals surface area contributed by atoms with E-state index in [0.29, 0.717) is 5.92 Å². The standard InChI is InChI=1S/C16H20N4O/c1-11-9-14(10-12(2)19-11)16(21)20-7-3-13(4-8-20)15-17-5-6-18-15/h5-6,9-10,13H,3-4,7-8H2,1-2H3,(H,17,18). The van der Waals surface area contributed by atoms with Gasteiger partial charge < -0.3 is 9.88 Å². The van der Waals surface area contributed by atoms with Crippen molar-refractivity contribution in [1.29, 1.82) is 0 Å². The minimum atomic E-state index is 0.112. The normalized spacial score (nSPS) is 16.2. The molecule has 0 saturated carbocycles. The lowest BCUT2D eigenvalue weighted by Gasteiger charge is -2.31. The fraction of sp³-hybridized carbons (Fsp3) is 0.438. The van der Waals surface area contributed by atoms with Crippen LogP contribution in [0.2, 0.25) is 0 Å². The monoisotopic (exact) mass is 284 g/mol. The number of hydrogen-bond acceptors (Lipinski definition) is 3. The Bertz CT molecular complexity index is 607. The number of aryl methyl sites for hydroxylation is 2. The molecule has 0 atom stereocenters. The van der Waals surface area contributed by atoms with Crippen LogP contribution in [-0.4, -0.2) is 38.8 Å². The van der Waals surface area contributed by atoms with Gasteiger partial charge in [-0.25, -0.2) is 4.98 Å². The minimum absolute atomic E-state index is 0.112. The minimum Gasteiger partial charge on any atom is -0.348 e. The molecule has 5 nitrogen and oxygen atoms in total. The Kier molecular flexibility index (Phi) is 3.73. The predicted octanol–water partition coefficient (Wildman–Crippen LogP) is 2.44. The summed E-state index contributed by atoms with van der Waals surface area (Å²) in [6, 6.07) is 3.74. The average Bonchev–Trinajstić information content (AvgIpc) is 3.00. The van der Waals surface area contributed by atoms with Gasteiger partial charge in [0, 0.05) is 48.4 Å². The molecule has 5 heteroatoms. The first-order valence-corrected chi connectivity index (χ1v) is 7.37. The Hall–Kier alpha value is -2.17. The molecular formula is C16H20N4O. The molecule has 1 aliphatic heterocycles. The van der Waals surface area contributed by atoms with Gasteiger partial charge in [-0.2, -0.15) is 0 Å². The Morgan fingerprint density at radius 1 is 1.24 bits per heavy atom. The summed E-state index contributed by atoms with van der Waals surface area (Å²) >= 11 is 0. The van der Waals surface area contributed by atoms with Crippen LogP contribution in [0.15, 0.2) is 24.5 Å². The van der Waals surface area contributed by atoms with Gasteiger partial charge in [0.15, 0.2) is 0 Å². The lowest BCUT2D eigenvalue weighted by molar-refractivity contribution is 0.0711. The van der Waals surface area contributed by atoms with E-state index in [1.54, 1.807) is 6.20 Å². The summed E-state index contributed by atoms with van der Waals surface area (Å²) in [5.41, 5.74) is 2.53. The van der Waals surface area contributed by atoms with Crippen molar-refractivity contribution < 1.29 is 4.79 Å². The van der Waals surface area contributed by atoms with Gasteiger partial charge in [0.1, 0.15) is 5.82 Å². The number of aromatic amines is 1. The van der Waals surface area contributed by atoms with Crippen LogP contribution in [0.4, 0.5) is 0 Å². The van der Waals surface area contributed by atoms with Crippen LogP contribution in [0.25, 0.3) is 0 Å². The zero-order chi connectivity index (χ0) is 14.8. The van der Waals surface area contributed by atoms with Crippen LogP contribution < -0.4 is 0 Å². The highest BCUT2D eigenvalue weighted by Crippen LogP contribution is 2.26. The van der Waals surface area contributed by atoms with Gasteiger partial charge in [-0.05, 0) is 38.8 Å². The van der Waals surface area contributed by atoms with Crippen LogP contribution in [0, 0.1) is 13.8 Å². The van der Waals surface area contributed by atoms with E-state index in [1.807, 2.05) is 37.1 Å². The molecule has 3 rings (SSSR count). The molecule has 1 aliphatic rings. The van der Waals surface area contributed by atoms with Gasteiger partial charge >= 0.3 is 0 Å². The average molecular weight is 284 g/mol. The van der Waals surface area contributed by atoms with E-state index in [2.05, 4.69) is 15.0 Å². The van der Waals surface area contributed by atoms with Gasteiger partial charge in [-0.1, -0.05) is 0 Å². The second-order valence-corrected chi connectivity index (χ2v) is 5.68. The number of pyridine rings is 1. The molecule has 1 N–H and O–H groups in total. The number of carbonyl (C=O) groups is 1. The fourth-order valence-corrected chi connectivity index (χ4v) is 3.00. The highest BCUT2D eigenvalue weighted by molar-refractivity contribution is 5.94. The third-order valence-corrected chi connectivity index (χ3v) is 4.02. The Morgan fingerprint density at radius 2 is 1.90 bits per heavy atom. The number of likely N-dealkylation sites (tertiary alicyclic amines) is 1. The van der Waals surface area contributed by atoms with E-state index in [1.165, 1.54) is 0 Å². The molecule has 0 bridgehead atoms. The van der Waals surface area contributed by atoms with Crippen molar-refractivity contribution in [2.75, 3.05) is 13.1 Å². The summed E-state index contributed by atoms with van der Waals surface area (Å²) in [5.74, 6) is 1.59. The summed E-state index contributed by atoms with van der Waals surface area (Å²) in [7, 11) is 0. The smallest absolute Gasteiger partial charge is 0.253 e. The van der Waals surface area contributed by atoms with E-state index in [0.717, 1.165) is 48.7 Å². The second-order valence-electron chi connectivity index (χ2n) is 5.68. The van der Waals surface area contributed by atoms with Gasteiger partial charge in [-0.3, -0.25) is 9.78 Å². The van der Waals surface area contributed by atoms with Crippen molar-refractivity contribution in [3.63, 3.8) is 0 Å². The molecule has 1 fully saturated rings. The Balaban J connectivity index is 1.67. The van der Waals surface area contributed by atoms with Crippen LogP contribution in [-0.2, 0) is 0 Å². The van der Waals surface area contributed by atoms with Crippen LogP contribution in [0.5, 0.6) is 0 Å². The number of nitrogens with one attached hydrogen (secondary N) is 1. The van der Waals surface area contributed by atoms with E-state index in [9.17, 15) is 4.79 Å². The van der Waals surface area contributed by atoms with Crippen molar-refractivity contribution in [1.82, 2.24) is 19.9 Å². The van der Waals surface area contributed by atoms with Crippen molar-refractivity contribution in [2.45, 2.75) is 32.6 Å². The molecule has 2 aromatic heterocycles. The summed E-state index contributed by atoms with van der Waals surface area (Å²) in [6.45, 7) is 5.41. The van der Waals surface area contributed by atoms with Crippen molar-refractivity contribution in [2.24, 2.45) is 0 Å². The van der Waals surface area contributed by atoms with Gasteiger partial charge in [0.2, 0.25) is 0 Å². The van der Waals surface area contributed by atoms with Crippen molar-refractivity contribution in [3.8, 4) is 0 Å². The van der Waals surface area contributed by atoms with Gasteiger partial charge in [-0.15, -0.1) is 0 Å². The molecule has 21 heavy (non-hydrogen) atoms. The molecule has 2 aromatic rings. The molecule has 1 amide bonds. The van der Waals surface area contributed by atoms with Crippen LogP contribution >= 0.6 is 0 Å². The Labute approximate surface area is 124 Å². The first-order chi connectivity index (χ1) is 10.1. The second kappa shape index (κ2) is 5.68. The molecular weight excluding hydrogens is 264 g/mol. The van der Waals surface area contributed by atoms with Crippen LogP contribution in [0.3, 0.4) is 0 Å². The Morgan fingerprint density at radius 3 is 2.48 bits per heavy atom. The summed E-state index contributed by atoms with van der Waals surface area (Å²) in [5, 5.41) is 0. The number of piperidine rings is 1. The molecule has 0 radical (unpaired) electrons. The summed E-state index contributed by atoms with van der Waals surface area (Å²) in [4.78, 5) is 26.3. The number of carbonyl (C=O) groups excluding carboxylic acids is 1. The number of hydrogen-bond donors (Lipinski definition) is 1. The number of nitrogens with zero attached hydrogens (tertiary/aromatic N) is 3. The third-order valence-electron chi connectivity index (χ3n) is 4.02. The zero-order valence-corrected chi connectivity index (χ0v) is 12.5. The maximum Gasteiger partial charge on any atom is 0.253 e. The molecule has 0 unspecified atom stereocenters. The molecule has 0 aromatic carbocycles. The number of aromatic nitrogens is 3. The quantitative estimate of drug-likeness (QED) is 0.921. The fourth-order valence-electron chi connectivity index (χ4n) is 3.00. The summed E-state index contributed by atoms with van der Waals surface area (Å²) in [6.07, 6.45) is 5.56. The highest BCUT2D eigenvalue weighted by Gasteiger charge is 2.25. The predicted molar refractivity (Wildman–Crippen MR) is 80.2 cm³/mol. The first kappa shape index (κ1) is 13.8. The maximum atomic E-state index is 12.6. The van der Waals surface area contributed by atoms with Gasteiger partial charge in [0.25, 0.3) is 5.91 Å². The number of amides is 1. The van der Waals surface area contributed by atoms with Gasteiger partial charge in [0.05, 0.1) is 0 Å². The van der Waals surface area contributed by atoms with E-state index < -0.39 is 0 Å². The van der Waals surface area contributed by atoms with E-state index in [-0.39, 0.29) is 5.91 Å². The highest BCUT2D eigenvalue weighted by atomic mass is 16.2.